The third-order valence-corrected chi connectivity index (χ3v) is 7.67. The van der Waals surface area contributed by atoms with Gasteiger partial charge in [-0.2, -0.15) is 5.10 Å². The van der Waals surface area contributed by atoms with Crippen molar-refractivity contribution < 1.29 is 23.5 Å². The molecule has 0 saturated carbocycles. The highest BCUT2D eigenvalue weighted by atomic mass is 35.5. The fraction of sp³-hybridized carbons (Fsp3) is 0.312. The van der Waals surface area contributed by atoms with Gasteiger partial charge < -0.3 is 4.74 Å². The number of aryl methyl sites for hydroxylation is 2. The molecule has 0 saturated heterocycles. The van der Waals surface area contributed by atoms with Crippen LogP contribution >= 0.6 is 23.2 Å². The minimum Gasteiger partial charge on any atom is -0.476 e. The summed E-state index contributed by atoms with van der Waals surface area (Å²) in [6.07, 6.45) is 11.0. The van der Waals surface area contributed by atoms with Gasteiger partial charge in [0.25, 0.3) is 11.8 Å². The molecule has 0 fully saturated rings. The van der Waals surface area contributed by atoms with Gasteiger partial charge in [0.1, 0.15) is 24.1 Å². The molecule has 2 heterocycles. The molecule has 0 N–H and O–H groups in total. The number of hydrogen-bond donors (Lipinski definition) is 0. The molecule has 3 aromatic rings. The van der Waals surface area contributed by atoms with Gasteiger partial charge in [-0.15, -0.1) is 18.0 Å². The Morgan fingerprint density at radius 1 is 1.14 bits per heavy atom. The summed E-state index contributed by atoms with van der Waals surface area (Å²) < 4.78 is 21.5. The number of terminal acetylenes is 1. The van der Waals surface area contributed by atoms with Crippen LogP contribution in [0.1, 0.15) is 43.7 Å². The van der Waals surface area contributed by atoms with Gasteiger partial charge in [-0.1, -0.05) is 35.7 Å². The number of hydrogen-bond acceptors (Lipinski definition) is 5. The molecule has 1 atom stereocenters. The van der Waals surface area contributed by atoms with Gasteiger partial charge in [0.15, 0.2) is 6.10 Å². The lowest BCUT2D eigenvalue weighted by molar-refractivity contribution is -0.121. The Bertz CT molecular complexity index is 1570. The van der Waals surface area contributed by atoms with Gasteiger partial charge in [-0.3, -0.25) is 24.0 Å². The van der Waals surface area contributed by atoms with Crippen molar-refractivity contribution in [2.75, 3.05) is 15.7 Å². The van der Waals surface area contributed by atoms with Crippen LogP contribution in [0.3, 0.4) is 0 Å². The van der Waals surface area contributed by atoms with Crippen LogP contribution in [-0.4, -0.2) is 39.5 Å². The van der Waals surface area contributed by atoms with Crippen LogP contribution in [0.25, 0.3) is 0 Å². The minimum absolute atomic E-state index is 0.0233. The van der Waals surface area contributed by atoms with E-state index in [-0.39, 0.29) is 28.2 Å². The molecule has 0 radical (unpaired) electrons. The van der Waals surface area contributed by atoms with Crippen LogP contribution in [0.4, 0.5) is 15.8 Å². The lowest BCUT2D eigenvalue weighted by Crippen LogP contribution is -2.35. The molecule has 5 rings (SSSR count). The number of amides is 3. The Kier molecular flexibility index (Phi) is 10.3. The summed E-state index contributed by atoms with van der Waals surface area (Å²) >= 11 is 11.7. The maximum atomic E-state index is 14.4. The van der Waals surface area contributed by atoms with E-state index in [1.54, 1.807) is 22.7 Å². The van der Waals surface area contributed by atoms with Crippen LogP contribution in [0.2, 0.25) is 5.02 Å². The van der Waals surface area contributed by atoms with Crippen LogP contribution < -0.4 is 14.5 Å². The SMILES string of the molecule is C#CC(C)Oc1cc(N2C(=O)C3=C(CCCC3)C2=O)c(F)cc1Cl.Cc1cccc(C)c1N(Cn1cccn1)C(=O)CCl. The molecule has 8 nitrogen and oxygen atoms in total. The van der Waals surface area contributed by atoms with Crippen molar-refractivity contribution in [3.63, 3.8) is 0 Å². The zero-order chi connectivity index (χ0) is 31.3. The minimum atomic E-state index is -0.762. The molecule has 3 amide bonds. The summed E-state index contributed by atoms with van der Waals surface area (Å²) in [5.74, 6) is 0.631. The van der Waals surface area contributed by atoms with E-state index in [9.17, 15) is 18.8 Å². The summed E-state index contributed by atoms with van der Waals surface area (Å²) in [5.41, 5.74) is 3.81. The van der Waals surface area contributed by atoms with Crippen molar-refractivity contribution in [1.82, 2.24) is 9.78 Å². The monoisotopic (exact) mass is 624 g/mol. The van der Waals surface area contributed by atoms with E-state index < -0.39 is 23.7 Å². The molecule has 2 aromatic carbocycles. The molecule has 224 valence electrons. The first-order chi connectivity index (χ1) is 20.6. The highest BCUT2D eigenvalue weighted by molar-refractivity contribution is 6.34. The van der Waals surface area contributed by atoms with Crippen molar-refractivity contribution >= 4 is 52.3 Å². The number of rotatable bonds is 7. The van der Waals surface area contributed by atoms with Gasteiger partial charge in [-0.25, -0.2) is 9.29 Å². The lowest BCUT2D eigenvalue weighted by atomic mass is 9.93. The Balaban J connectivity index is 0.000000203. The van der Waals surface area contributed by atoms with Crippen molar-refractivity contribution in [2.24, 2.45) is 0 Å². The number of carbonyl (C=O) groups is 3. The van der Waals surface area contributed by atoms with Gasteiger partial charge in [0.2, 0.25) is 5.91 Å². The van der Waals surface area contributed by atoms with Crippen LogP contribution in [0, 0.1) is 32.0 Å². The predicted molar refractivity (Wildman–Crippen MR) is 165 cm³/mol. The largest absolute Gasteiger partial charge is 0.476 e. The van der Waals surface area contributed by atoms with Gasteiger partial charge in [-0.05, 0) is 69.7 Å². The molecule has 2 aliphatic rings. The topological polar surface area (TPSA) is 84.7 Å². The first-order valence-corrected chi connectivity index (χ1v) is 14.6. The van der Waals surface area contributed by atoms with E-state index in [2.05, 4.69) is 11.0 Å². The number of imide groups is 1. The summed E-state index contributed by atoms with van der Waals surface area (Å²) in [6.45, 7) is 5.97. The van der Waals surface area contributed by atoms with E-state index in [0.29, 0.717) is 30.7 Å². The molecular formula is C32H31Cl2FN4O4. The molecule has 0 spiro atoms. The van der Waals surface area contributed by atoms with Gasteiger partial charge in [0, 0.05) is 29.6 Å². The highest BCUT2D eigenvalue weighted by Gasteiger charge is 2.41. The fourth-order valence-corrected chi connectivity index (χ4v) is 5.41. The molecule has 11 heteroatoms. The number of carbonyl (C=O) groups excluding carboxylic acids is 3. The average Bonchev–Trinajstić information content (AvgIpc) is 3.60. The second kappa shape index (κ2) is 13.9. The summed E-state index contributed by atoms with van der Waals surface area (Å²) in [5, 5.41) is 4.16. The number of anilines is 2. The standard InChI is InChI=1S/C18H15ClFNO3.C14H16ClN3O/c1-3-10(2)24-16-9-15(14(20)8-13(16)19)21-17(22)11-6-4-5-7-12(11)18(21)23;1-11-5-3-6-12(2)14(11)18(13(19)9-15)10-17-8-4-7-16-17/h1,8-10H,4-7H2,2H3;3-8H,9-10H2,1-2H3. The number of para-hydroxylation sites is 1. The normalized spacial score (nSPS) is 15.0. The molecule has 1 aliphatic heterocycles. The van der Waals surface area contributed by atoms with Crippen molar-refractivity contribution in [3.8, 4) is 18.1 Å². The Labute approximate surface area is 260 Å². The van der Waals surface area contributed by atoms with Crippen molar-refractivity contribution in [3.05, 3.63) is 81.9 Å². The van der Waals surface area contributed by atoms with E-state index in [0.717, 1.165) is 40.6 Å². The second-order valence-corrected chi connectivity index (χ2v) is 10.8. The highest BCUT2D eigenvalue weighted by Crippen LogP contribution is 2.39. The third kappa shape index (κ3) is 6.93. The number of alkyl halides is 1. The lowest BCUT2D eigenvalue weighted by Gasteiger charge is -2.25. The maximum Gasteiger partial charge on any atom is 0.261 e. The molecule has 0 bridgehead atoms. The number of aromatic nitrogens is 2. The smallest absolute Gasteiger partial charge is 0.261 e. The number of ether oxygens (including phenoxy) is 1. The molecule has 43 heavy (non-hydrogen) atoms. The summed E-state index contributed by atoms with van der Waals surface area (Å²) in [6, 6.07) is 10.0. The fourth-order valence-electron chi connectivity index (χ4n) is 5.07. The summed E-state index contributed by atoms with van der Waals surface area (Å²) in [4.78, 5) is 39.7. The first kappa shape index (κ1) is 31.8. The Morgan fingerprint density at radius 3 is 2.30 bits per heavy atom. The zero-order valence-electron chi connectivity index (χ0n) is 24.1. The van der Waals surface area contributed by atoms with Gasteiger partial charge in [0.05, 0.1) is 16.4 Å². The molecule has 1 aliphatic carbocycles. The predicted octanol–water partition coefficient (Wildman–Crippen LogP) is 6.35. The molecular weight excluding hydrogens is 594 g/mol. The second-order valence-electron chi connectivity index (χ2n) is 10.2. The number of halogens is 3. The first-order valence-electron chi connectivity index (χ1n) is 13.7. The van der Waals surface area contributed by atoms with E-state index in [1.165, 1.54) is 6.07 Å². The maximum absolute atomic E-state index is 14.4. The Hall–Kier alpha value is -4.13. The quantitative estimate of drug-likeness (QED) is 0.174. The van der Waals surface area contributed by atoms with Crippen molar-refractivity contribution in [2.45, 2.75) is 59.2 Å². The van der Waals surface area contributed by atoms with E-state index in [1.807, 2.05) is 44.3 Å². The van der Waals surface area contributed by atoms with Crippen molar-refractivity contribution in [1.29, 1.82) is 0 Å². The number of nitrogens with zero attached hydrogens (tertiary/aromatic N) is 4. The van der Waals surface area contributed by atoms with Crippen LogP contribution in [-0.2, 0) is 21.1 Å². The zero-order valence-corrected chi connectivity index (χ0v) is 25.6. The molecule has 1 aromatic heterocycles. The number of benzene rings is 2. The van der Waals surface area contributed by atoms with Gasteiger partial charge >= 0.3 is 0 Å². The molecule has 1 unspecified atom stereocenters. The van der Waals surface area contributed by atoms with E-state index >= 15 is 0 Å². The van der Waals surface area contributed by atoms with Crippen LogP contribution in [0.15, 0.2) is 59.9 Å². The van der Waals surface area contributed by atoms with E-state index in [4.69, 9.17) is 34.4 Å². The third-order valence-electron chi connectivity index (χ3n) is 7.14. The average molecular weight is 626 g/mol. The summed E-state index contributed by atoms with van der Waals surface area (Å²) in [7, 11) is 0. The Morgan fingerprint density at radius 2 is 1.77 bits per heavy atom. The van der Waals surface area contributed by atoms with Crippen LogP contribution in [0.5, 0.6) is 5.75 Å².